The molecule has 42 heavy (non-hydrogen) atoms. The van der Waals surface area contributed by atoms with Gasteiger partial charge in [0.2, 0.25) is 5.88 Å². The first-order valence-corrected chi connectivity index (χ1v) is 15.1. The molecule has 11 nitrogen and oxygen atoms in total. The van der Waals surface area contributed by atoms with E-state index in [0.29, 0.717) is 40.8 Å². The molecular weight excluding hydrogens is 536 g/mol. The van der Waals surface area contributed by atoms with Gasteiger partial charge in [0.15, 0.2) is 17.3 Å². The lowest BCUT2D eigenvalue weighted by atomic mass is 9.64. The molecule has 6 rings (SSSR count). The third-order valence-corrected chi connectivity index (χ3v) is 8.84. The zero-order chi connectivity index (χ0) is 29.6. The van der Waals surface area contributed by atoms with Crippen LogP contribution in [0.4, 0.5) is 4.79 Å². The second-order valence-corrected chi connectivity index (χ2v) is 13.0. The van der Waals surface area contributed by atoms with E-state index < -0.39 is 17.1 Å². The van der Waals surface area contributed by atoms with E-state index in [1.54, 1.807) is 18.5 Å². The molecule has 3 aliphatic rings. The minimum absolute atomic E-state index is 0.105. The number of carbonyl (C=O) groups is 2. The number of likely N-dealkylation sites (tertiary alicyclic amines) is 1. The Labute approximate surface area is 246 Å². The summed E-state index contributed by atoms with van der Waals surface area (Å²) in [6.45, 7) is 8.52. The van der Waals surface area contributed by atoms with E-state index >= 15 is 0 Å². The van der Waals surface area contributed by atoms with Crippen LogP contribution in [0.3, 0.4) is 0 Å². The zero-order valence-corrected chi connectivity index (χ0v) is 25.2. The van der Waals surface area contributed by atoms with Crippen LogP contribution in [0.5, 0.6) is 5.88 Å². The molecular formula is C31H40N6O5. The number of likely N-dealkylation sites (N-methyl/N-ethyl adjacent to an activating group) is 1. The molecule has 1 spiro atoms. The van der Waals surface area contributed by atoms with Crippen molar-refractivity contribution >= 4 is 11.9 Å². The molecule has 3 aromatic rings. The number of nitrogens with zero attached hydrogens (tertiary/aromatic N) is 6. The molecule has 4 heterocycles. The Kier molecular flexibility index (Phi) is 7.41. The summed E-state index contributed by atoms with van der Waals surface area (Å²) >= 11 is 0. The standard InChI is InChI=1S/C31H40N6O5/c1-19(23-11-9-15-36(23)5)40-25-16-22(20-17-32-37(18-20)29(39)41-30(2,3)4)33-28(34-25)26-21-10-8-14-31(27(21)42-35-26)13-7-6-12-24(31)38/h16-19,23H,6-15H2,1-5H3/t19-,23-,31+/m0/s1. The van der Waals surface area contributed by atoms with E-state index in [1.165, 1.54) is 0 Å². The fraction of sp³-hybridized carbons (Fsp3) is 0.613. The first kappa shape index (κ1) is 28.5. The number of hydrogen-bond acceptors (Lipinski definition) is 10. The van der Waals surface area contributed by atoms with Crippen LogP contribution in [-0.4, -0.2) is 73.0 Å². The molecule has 1 aliphatic heterocycles. The SMILES string of the molecule is C[C@H](Oc1cc(-c2cnn(C(=O)OC(C)(C)C)c2)nc(-c2noc3c2CCC[C@@]32CCCCC2=O)n1)[C@@H]1CCCN1C. The number of hydrogen-bond donors (Lipinski definition) is 0. The van der Waals surface area contributed by atoms with E-state index in [2.05, 4.69) is 29.1 Å². The average Bonchev–Trinajstić information content (AvgIpc) is 3.69. The molecule has 0 bridgehead atoms. The third kappa shape index (κ3) is 5.34. The van der Waals surface area contributed by atoms with E-state index in [-0.39, 0.29) is 17.9 Å². The number of ketones is 1. The summed E-state index contributed by atoms with van der Waals surface area (Å²) in [5.41, 5.74) is 1.35. The maximum atomic E-state index is 13.2. The lowest BCUT2D eigenvalue weighted by molar-refractivity contribution is -0.128. The number of aromatic nitrogens is 5. The summed E-state index contributed by atoms with van der Waals surface area (Å²) in [5.74, 6) is 1.71. The topological polar surface area (TPSA) is 125 Å². The monoisotopic (exact) mass is 576 g/mol. The van der Waals surface area contributed by atoms with Crippen LogP contribution in [-0.2, 0) is 21.4 Å². The Balaban J connectivity index is 1.39. The van der Waals surface area contributed by atoms with Crippen LogP contribution in [0.25, 0.3) is 22.8 Å². The Bertz CT molecular complexity index is 1490. The minimum Gasteiger partial charge on any atom is -0.473 e. The maximum absolute atomic E-state index is 13.2. The minimum atomic E-state index is -0.654. The van der Waals surface area contributed by atoms with Gasteiger partial charge in [-0.3, -0.25) is 9.69 Å². The van der Waals surface area contributed by atoms with Gasteiger partial charge in [0.1, 0.15) is 17.5 Å². The van der Waals surface area contributed by atoms with Crippen molar-refractivity contribution in [2.24, 2.45) is 0 Å². The Morgan fingerprint density at radius 2 is 1.95 bits per heavy atom. The Hall–Kier alpha value is -3.60. The number of rotatable bonds is 5. The summed E-state index contributed by atoms with van der Waals surface area (Å²) in [6, 6.07) is 2.04. The normalized spacial score (nSPS) is 23.6. The van der Waals surface area contributed by atoms with Crippen LogP contribution >= 0.6 is 0 Å². The highest BCUT2D eigenvalue weighted by Gasteiger charge is 2.48. The Morgan fingerprint density at radius 3 is 2.69 bits per heavy atom. The summed E-state index contributed by atoms with van der Waals surface area (Å²) in [5, 5.41) is 8.69. The molecule has 1 saturated carbocycles. The molecule has 224 valence electrons. The van der Waals surface area contributed by atoms with Gasteiger partial charge in [0.05, 0.1) is 17.3 Å². The maximum Gasteiger partial charge on any atom is 0.435 e. The number of carbonyl (C=O) groups excluding carboxylic acids is 2. The van der Waals surface area contributed by atoms with Gasteiger partial charge in [-0.1, -0.05) is 11.6 Å². The van der Waals surface area contributed by atoms with Gasteiger partial charge >= 0.3 is 6.09 Å². The fourth-order valence-electron chi connectivity index (χ4n) is 6.77. The second-order valence-electron chi connectivity index (χ2n) is 13.0. The van der Waals surface area contributed by atoms with Gasteiger partial charge in [0, 0.05) is 35.9 Å². The molecule has 2 fully saturated rings. The van der Waals surface area contributed by atoms with E-state index in [1.807, 2.05) is 20.8 Å². The van der Waals surface area contributed by atoms with Gasteiger partial charge in [-0.15, -0.1) is 0 Å². The average molecular weight is 577 g/mol. The quantitative estimate of drug-likeness (QED) is 0.392. The number of ether oxygens (including phenoxy) is 2. The molecule has 3 atom stereocenters. The summed E-state index contributed by atoms with van der Waals surface area (Å²) in [4.78, 5) is 37.8. The van der Waals surface area contributed by atoms with Gasteiger partial charge in [0.25, 0.3) is 0 Å². The molecule has 0 unspecified atom stereocenters. The molecule has 0 amide bonds. The third-order valence-electron chi connectivity index (χ3n) is 8.84. The van der Waals surface area contributed by atoms with E-state index in [0.717, 1.165) is 68.2 Å². The van der Waals surface area contributed by atoms with Crippen LogP contribution in [0, 0.1) is 0 Å². The highest BCUT2D eigenvalue weighted by molar-refractivity contribution is 5.91. The lowest BCUT2D eigenvalue weighted by Crippen LogP contribution is -2.41. The number of Topliss-reactive ketones (excluding diaryl/α,β-unsaturated/α-hetero) is 1. The van der Waals surface area contributed by atoms with Crippen molar-refractivity contribution in [3.8, 4) is 28.7 Å². The molecule has 1 saturated heterocycles. The summed E-state index contributed by atoms with van der Waals surface area (Å²) in [6.07, 6.45) is 10.4. The first-order chi connectivity index (χ1) is 20.0. The van der Waals surface area contributed by atoms with Crippen molar-refractivity contribution in [3.05, 3.63) is 29.8 Å². The van der Waals surface area contributed by atoms with E-state index in [9.17, 15) is 9.59 Å². The van der Waals surface area contributed by atoms with E-state index in [4.69, 9.17) is 24.0 Å². The van der Waals surface area contributed by atoms with Crippen LogP contribution in [0.1, 0.15) is 90.4 Å². The second kappa shape index (κ2) is 10.9. The molecule has 0 N–H and O–H groups in total. The highest BCUT2D eigenvalue weighted by Crippen LogP contribution is 2.47. The molecule has 11 heteroatoms. The van der Waals surface area contributed by atoms with Gasteiger partial charge < -0.3 is 14.0 Å². The van der Waals surface area contributed by atoms with Crippen molar-refractivity contribution in [2.45, 2.75) is 109 Å². The predicted molar refractivity (Wildman–Crippen MR) is 154 cm³/mol. The Morgan fingerprint density at radius 1 is 1.14 bits per heavy atom. The van der Waals surface area contributed by atoms with Crippen molar-refractivity contribution in [1.29, 1.82) is 0 Å². The summed E-state index contributed by atoms with van der Waals surface area (Å²) < 4.78 is 19.0. The van der Waals surface area contributed by atoms with Gasteiger partial charge in [-0.2, -0.15) is 14.8 Å². The number of fused-ring (bicyclic) bond motifs is 2. The van der Waals surface area contributed by atoms with Gasteiger partial charge in [-0.25, -0.2) is 9.78 Å². The largest absolute Gasteiger partial charge is 0.473 e. The van der Waals surface area contributed by atoms with Crippen molar-refractivity contribution in [2.75, 3.05) is 13.6 Å². The fourth-order valence-corrected chi connectivity index (χ4v) is 6.77. The predicted octanol–water partition coefficient (Wildman–Crippen LogP) is 5.36. The van der Waals surface area contributed by atoms with Crippen LogP contribution < -0.4 is 4.74 Å². The van der Waals surface area contributed by atoms with Crippen LogP contribution in [0.2, 0.25) is 0 Å². The van der Waals surface area contributed by atoms with Gasteiger partial charge in [-0.05, 0) is 86.2 Å². The zero-order valence-electron chi connectivity index (χ0n) is 25.2. The van der Waals surface area contributed by atoms with Crippen LogP contribution in [0.15, 0.2) is 23.0 Å². The van der Waals surface area contributed by atoms with Crippen molar-refractivity contribution in [3.63, 3.8) is 0 Å². The van der Waals surface area contributed by atoms with Crippen molar-refractivity contribution < 1.29 is 23.6 Å². The molecule has 2 aliphatic carbocycles. The summed E-state index contributed by atoms with van der Waals surface area (Å²) in [7, 11) is 2.11. The first-order valence-electron chi connectivity index (χ1n) is 15.1. The highest BCUT2D eigenvalue weighted by atomic mass is 16.6. The smallest absolute Gasteiger partial charge is 0.435 e. The lowest BCUT2D eigenvalue weighted by Gasteiger charge is -2.36. The molecule has 3 aromatic heterocycles. The molecule has 0 aromatic carbocycles. The molecule has 0 radical (unpaired) electrons. The van der Waals surface area contributed by atoms with Crippen molar-refractivity contribution in [1.82, 2.24) is 29.8 Å².